The van der Waals surface area contributed by atoms with Crippen LogP contribution in [0.4, 0.5) is 0 Å². The molecule has 168 valence electrons. The third kappa shape index (κ3) is 4.08. The molecule has 3 N–H and O–H groups in total. The first-order chi connectivity index (χ1) is 15.2. The predicted octanol–water partition coefficient (Wildman–Crippen LogP) is 2.62. The smallest absolute Gasteiger partial charge is 0.243 e. The van der Waals surface area contributed by atoms with Crippen molar-refractivity contribution in [2.45, 2.75) is 23.9 Å². The van der Waals surface area contributed by atoms with E-state index in [0.717, 1.165) is 15.6 Å². The minimum absolute atomic E-state index is 0.0167. The maximum absolute atomic E-state index is 13.3. The first kappa shape index (κ1) is 22.3. The van der Waals surface area contributed by atoms with Crippen LogP contribution in [-0.4, -0.2) is 56.1 Å². The number of rotatable bonds is 7. The molecule has 0 saturated carbocycles. The summed E-state index contributed by atoms with van der Waals surface area (Å²) in [5, 5.41) is 10.9. The molecular weight excluding hydrogens is 448 g/mol. The largest absolute Gasteiger partial charge is 0.497 e. The molecule has 0 radical (unpaired) electrons. The van der Waals surface area contributed by atoms with E-state index in [4.69, 9.17) is 15.9 Å². The number of sulfonamides is 1. The molecule has 1 aliphatic heterocycles. The lowest BCUT2D eigenvalue weighted by Crippen LogP contribution is -2.42. The summed E-state index contributed by atoms with van der Waals surface area (Å²) in [7, 11) is -0.853. The number of carbonyl (C=O) groups is 1. The molecule has 1 atom stereocenters. The summed E-state index contributed by atoms with van der Waals surface area (Å²) in [6.45, 7) is 0.836. The van der Waals surface area contributed by atoms with Gasteiger partial charge >= 0.3 is 0 Å². The Morgan fingerprint density at radius 1 is 1.25 bits per heavy atom. The number of nitrogen functional groups attached to an aromatic ring is 1. The van der Waals surface area contributed by atoms with Crippen LogP contribution >= 0.6 is 11.3 Å². The number of likely N-dealkylation sites (tertiary alicyclic amines) is 1. The summed E-state index contributed by atoms with van der Waals surface area (Å²) < 4.78 is 33.0. The van der Waals surface area contributed by atoms with Crippen molar-refractivity contribution in [2.75, 3.05) is 20.7 Å². The van der Waals surface area contributed by atoms with Gasteiger partial charge in [-0.2, -0.15) is 4.31 Å². The summed E-state index contributed by atoms with van der Waals surface area (Å²) in [5.41, 5.74) is 6.13. The van der Waals surface area contributed by atoms with E-state index in [9.17, 15) is 13.2 Å². The molecule has 32 heavy (non-hydrogen) atoms. The molecule has 0 spiro atoms. The van der Waals surface area contributed by atoms with Gasteiger partial charge in [0.05, 0.1) is 18.6 Å². The average molecular weight is 473 g/mol. The summed E-state index contributed by atoms with van der Waals surface area (Å²) in [6.07, 6.45) is 0.418. The zero-order valence-corrected chi connectivity index (χ0v) is 19.4. The molecule has 1 fully saturated rings. The number of likely N-dealkylation sites (N-methyl/N-ethyl adjacent to an activating group) is 1. The standard InChI is InChI=1S/C22H24N4O4S2/c1-25(20-7-8-26(22(20)27)12-18-10-16(13-31-18)21(23)24)32(28,29)19-6-4-14-3-5-17(30-2)9-15(14)11-19/h3-6,9-11,13,20H,7-8,12H2,1-2H3,(H3,23,24)/t20-/m0/s1. The highest BCUT2D eigenvalue weighted by Crippen LogP contribution is 2.28. The van der Waals surface area contributed by atoms with E-state index in [1.807, 2.05) is 12.1 Å². The van der Waals surface area contributed by atoms with E-state index < -0.39 is 16.1 Å². The Morgan fingerprint density at radius 2 is 2.00 bits per heavy atom. The Kier molecular flexibility index (Phi) is 5.93. The zero-order valence-electron chi connectivity index (χ0n) is 17.7. The molecule has 10 heteroatoms. The van der Waals surface area contributed by atoms with Crippen LogP contribution in [0.1, 0.15) is 16.9 Å². The van der Waals surface area contributed by atoms with Crippen molar-refractivity contribution in [3.8, 4) is 5.75 Å². The van der Waals surface area contributed by atoms with Crippen molar-refractivity contribution in [1.82, 2.24) is 9.21 Å². The summed E-state index contributed by atoms with van der Waals surface area (Å²) in [5.74, 6) is 0.400. The van der Waals surface area contributed by atoms with Crippen LogP contribution in [0.2, 0.25) is 0 Å². The number of thiophene rings is 1. The summed E-state index contributed by atoms with van der Waals surface area (Å²) >= 11 is 1.43. The van der Waals surface area contributed by atoms with Crippen LogP contribution in [0.3, 0.4) is 0 Å². The number of nitrogens with zero attached hydrogens (tertiary/aromatic N) is 2. The van der Waals surface area contributed by atoms with Crippen molar-refractivity contribution in [2.24, 2.45) is 5.73 Å². The molecule has 0 aliphatic carbocycles. The number of nitrogens with two attached hydrogens (primary N) is 1. The van der Waals surface area contributed by atoms with E-state index in [1.165, 1.54) is 22.7 Å². The van der Waals surface area contributed by atoms with Gasteiger partial charge in [0.1, 0.15) is 17.6 Å². The number of hydrogen-bond acceptors (Lipinski definition) is 6. The second kappa shape index (κ2) is 8.53. The Balaban J connectivity index is 1.54. The summed E-state index contributed by atoms with van der Waals surface area (Å²) in [4.78, 5) is 15.7. The number of methoxy groups -OCH3 is 1. The van der Waals surface area contributed by atoms with Gasteiger partial charge in [0.25, 0.3) is 0 Å². The number of amidine groups is 1. The number of nitrogens with one attached hydrogen (secondary N) is 1. The van der Waals surface area contributed by atoms with Gasteiger partial charge in [-0.15, -0.1) is 11.3 Å². The minimum Gasteiger partial charge on any atom is -0.497 e. The molecule has 0 unspecified atom stereocenters. The average Bonchev–Trinajstić information content (AvgIpc) is 3.40. The second-order valence-electron chi connectivity index (χ2n) is 7.68. The van der Waals surface area contributed by atoms with Gasteiger partial charge in [-0.25, -0.2) is 8.42 Å². The van der Waals surface area contributed by atoms with E-state index in [-0.39, 0.29) is 16.6 Å². The van der Waals surface area contributed by atoms with Gasteiger partial charge in [0.15, 0.2) is 0 Å². The normalized spacial score (nSPS) is 16.8. The van der Waals surface area contributed by atoms with E-state index in [1.54, 1.807) is 47.7 Å². The number of fused-ring (bicyclic) bond motifs is 1. The number of carbonyl (C=O) groups excluding carboxylic acids is 1. The highest BCUT2D eigenvalue weighted by atomic mass is 32.2. The highest BCUT2D eigenvalue weighted by molar-refractivity contribution is 7.89. The van der Waals surface area contributed by atoms with E-state index in [2.05, 4.69) is 0 Å². The predicted molar refractivity (Wildman–Crippen MR) is 125 cm³/mol. The molecule has 1 amide bonds. The summed E-state index contributed by atoms with van der Waals surface area (Å²) in [6, 6.07) is 11.4. The highest BCUT2D eigenvalue weighted by Gasteiger charge is 2.39. The van der Waals surface area contributed by atoms with Crippen molar-refractivity contribution < 1.29 is 17.9 Å². The monoisotopic (exact) mass is 472 g/mol. The molecule has 0 bridgehead atoms. The van der Waals surface area contributed by atoms with Gasteiger partial charge in [-0.05, 0) is 47.5 Å². The van der Waals surface area contributed by atoms with Crippen LogP contribution in [-0.2, 0) is 21.4 Å². The Morgan fingerprint density at radius 3 is 2.69 bits per heavy atom. The van der Waals surface area contributed by atoms with Crippen LogP contribution in [0.25, 0.3) is 10.8 Å². The zero-order chi connectivity index (χ0) is 23.0. The Bertz CT molecular complexity index is 1300. The lowest BCUT2D eigenvalue weighted by atomic mass is 10.1. The van der Waals surface area contributed by atoms with Crippen molar-refractivity contribution in [3.05, 3.63) is 58.3 Å². The topological polar surface area (TPSA) is 117 Å². The minimum atomic E-state index is -3.87. The first-order valence-electron chi connectivity index (χ1n) is 9.97. The molecule has 1 saturated heterocycles. The Hall–Kier alpha value is -2.95. The molecule has 1 aromatic heterocycles. The number of benzene rings is 2. The number of ether oxygens (including phenoxy) is 1. The van der Waals surface area contributed by atoms with Crippen molar-refractivity contribution in [3.63, 3.8) is 0 Å². The molecule has 1 aliphatic rings. The maximum atomic E-state index is 13.3. The van der Waals surface area contributed by atoms with Gasteiger partial charge < -0.3 is 15.4 Å². The van der Waals surface area contributed by atoms with Crippen LogP contribution in [0.15, 0.2) is 52.7 Å². The molecule has 3 aromatic rings. The third-order valence-electron chi connectivity index (χ3n) is 5.72. The lowest BCUT2D eigenvalue weighted by molar-refractivity contribution is -0.131. The molecule has 4 rings (SSSR count). The van der Waals surface area contributed by atoms with Gasteiger partial charge in [0, 0.05) is 29.4 Å². The van der Waals surface area contributed by atoms with E-state index in [0.29, 0.717) is 30.8 Å². The fourth-order valence-electron chi connectivity index (χ4n) is 3.83. The fourth-order valence-corrected chi connectivity index (χ4v) is 6.11. The molecular formula is C22H24N4O4S2. The first-order valence-corrected chi connectivity index (χ1v) is 12.3. The van der Waals surface area contributed by atoms with Crippen LogP contribution in [0.5, 0.6) is 5.75 Å². The SMILES string of the molecule is COc1ccc2ccc(S(=O)(=O)N(C)[C@H]3CCN(Cc4cc(C(=N)N)cs4)C3=O)cc2c1. The molecule has 8 nitrogen and oxygen atoms in total. The van der Waals surface area contributed by atoms with Crippen LogP contribution in [0, 0.1) is 5.41 Å². The maximum Gasteiger partial charge on any atom is 0.243 e. The van der Waals surface area contributed by atoms with Crippen LogP contribution < -0.4 is 10.5 Å². The molecule has 2 aromatic carbocycles. The fraction of sp³-hybridized carbons (Fsp3) is 0.273. The second-order valence-corrected chi connectivity index (χ2v) is 10.7. The Labute approximate surface area is 190 Å². The van der Waals surface area contributed by atoms with E-state index >= 15 is 0 Å². The van der Waals surface area contributed by atoms with Crippen molar-refractivity contribution in [1.29, 1.82) is 5.41 Å². The number of hydrogen-bond donors (Lipinski definition) is 2. The number of amides is 1. The molecule has 2 heterocycles. The quantitative estimate of drug-likeness (QED) is 0.405. The van der Waals surface area contributed by atoms with Gasteiger partial charge in [0.2, 0.25) is 15.9 Å². The van der Waals surface area contributed by atoms with Gasteiger partial charge in [-0.3, -0.25) is 10.2 Å². The van der Waals surface area contributed by atoms with Crippen molar-refractivity contribution >= 4 is 43.9 Å². The third-order valence-corrected chi connectivity index (χ3v) is 8.50. The lowest BCUT2D eigenvalue weighted by Gasteiger charge is -2.23. The van der Waals surface area contributed by atoms with Gasteiger partial charge in [-0.1, -0.05) is 12.1 Å².